The summed E-state index contributed by atoms with van der Waals surface area (Å²) in [5.41, 5.74) is -0.574. The average molecular weight is 421 g/mol. The highest BCUT2D eigenvalue weighted by atomic mass is 79.9. The van der Waals surface area contributed by atoms with Crippen molar-refractivity contribution in [2.75, 3.05) is 10.7 Å². The molecule has 0 aliphatic heterocycles. The number of hydrogen-bond acceptors (Lipinski definition) is 2. The SMILES string of the molecule is CC(CBr)(CBr)NS(=O)(=O)c1cccc2ccccc12. The van der Waals surface area contributed by atoms with Gasteiger partial charge in [-0.25, -0.2) is 13.1 Å². The zero-order chi connectivity index (χ0) is 14.8. The fraction of sp³-hybridized carbons (Fsp3) is 0.286. The molecule has 2 rings (SSSR count). The number of hydrogen-bond donors (Lipinski definition) is 1. The number of fused-ring (bicyclic) bond motifs is 1. The Bertz CT molecular complexity index is 707. The Kier molecular flexibility index (Phi) is 4.89. The molecular formula is C14H15Br2NO2S. The van der Waals surface area contributed by atoms with Crippen LogP contribution < -0.4 is 4.72 Å². The summed E-state index contributed by atoms with van der Waals surface area (Å²) < 4.78 is 28.0. The molecule has 0 amide bonds. The van der Waals surface area contributed by atoms with Crippen molar-refractivity contribution in [1.29, 1.82) is 0 Å². The molecule has 0 heterocycles. The minimum absolute atomic E-state index is 0.309. The lowest BCUT2D eigenvalue weighted by atomic mass is 10.1. The standard InChI is InChI=1S/C14H15Br2NO2S/c1-14(9-15,10-16)17-20(18,19)13-8-4-6-11-5-2-3-7-12(11)13/h2-8,17H,9-10H2,1H3. The third-order valence-corrected chi connectivity index (χ3v) is 7.18. The fourth-order valence-corrected chi connectivity index (χ4v) is 5.12. The minimum atomic E-state index is -3.58. The highest BCUT2D eigenvalue weighted by Crippen LogP contribution is 2.24. The molecule has 0 aliphatic rings. The summed E-state index contributed by atoms with van der Waals surface area (Å²) in [4.78, 5) is 0.309. The van der Waals surface area contributed by atoms with Gasteiger partial charge in [0.1, 0.15) is 0 Å². The molecular weight excluding hydrogens is 406 g/mol. The number of sulfonamides is 1. The van der Waals surface area contributed by atoms with Gasteiger partial charge < -0.3 is 0 Å². The molecule has 0 bridgehead atoms. The summed E-state index contributed by atoms with van der Waals surface area (Å²) in [5, 5.41) is 2.69. The van der Waals surface area contributed by atoms with Gasteiger partial charge in [0, 0.05) is 21.6 Å². The number of halogens is 2. The molecule has 0 atom stereocenters. The molecule has 0 saturated carbocycles. The maximum atomic E-state index is 12.6. The summed E-state index contributed by atoms with van der Waals surface area (Å²) in [6, 6.07) is 12.8. The Labute approximate surface area is 136 Å². The van der Waals surface area contributed by atoms with Crippen LogP contribution in [-0.2, 0) is 10.0 Å². The Morgan fingerprint density at radius 3 is 2.30 bits per heavy atom. The van der Waals surface area contributed by atoms with Gasteiger partial charge in [-0.2, -0.15) is 0 Å². The highest BCUT2D eigenvalue weighted by Gasteiger charge is 2.29. The summed E-state index contributed by atoms with van der Waals surface area (Å²) >= 11 is 6.70. The Hall–Kier alpha value is -0.430. The van der Waals surface area contributed by atoms with E-state index in [-0.39, 0.29) is 0 Å². The van der Waals surface area contributed by atoms with Gasteiger partial charge in [-0.05, 0) is 18.4 Å². The van der Waals surface area contributed by atoms with E-state index < -0.39 is 15.6 Å². The first kappa shape index (κ1) is 15.9. The van der Waals surface area contributed by atoms with Crippen LogP contribution in [-0.4, -0.2) is 24.6 Å². The Morgan fingerprint density at radius 1 is 1.05 bits per heavy atom. The molecule has 3 nitrogen and oxygen atoms in total. The van der Waals surface area contributed by atoms with Crippen molar-refractivity contribution >= 4 is 52.7 Å². The lowest BCUT2D eigenvalue weighted by Gasteiger charge is -2.26. The molecule has 20 heavy (non-hydrogen) atoms. The molecule has 0 aliphatic carbocycles. The number of benzene rings is 2. The maximum absolute atomic E-state index is 12.6. The first-order chi connectivity index (χ1) is 9.42. The Morgan fingerprint density at radius 2 is 1.65 bits per heavy atom. The summed E-state index contributed by atoms with van der Waals surface area (Å²) in [6.45, 7) is 1.85. The lowest BCUT2D eigenvalue weighted by Crippen LogP contribution is -2.48. The van der Waals surface area contributed by atoms with Gasteiger partial charge >= 0.3 is 0 Å². The van der Waals surface area contributed by atoms with Crippen molar-refractivity contribution in [3.63, 3.8) is 0 Å². The van der Waals surface area contributed by atoms with E-state index in [1.165, 1.54) is 0 Å². The van der Waals surface area contributed by atoms with Crippen LogP contribution in [0.2, 0.25) is 0 Å². The van der Waals surface area contributed by atoms with Gasteiger partial charge in [0.2, 0.25) is 10.0 Å². The van der Waals surface area contributed by atoms with Crippen LogP contribution in [0.4, 0.5) is 0 Å². The van der Waals surface area contributed by atoms with Crippen LogP contribution in [0, 0.1) is 0 Å². The molecule has 0 radical (unpaired) electrons. The van der Waals surface area contributed by atoms with Crippen LogP contribution in [0.3, 0.4) is 0 Å². The van der Waals surface area contributed by atoms with E-state index >= 15 is 0 Å². The van der Waals surface area contributed by atoms with Crippen LogP contribution >= 0.6 is 31.9 Å². The number of rotatable bonds is 5. The summed E-state index contributed by atoms with van der Waals surface area (Å²) in [5.74, 6) is 0. The van der Waals surface area contributed by atoms with E-state index in [1.807, 2.05) is 37.3 Å². The predicted octanol–water partition coefficient (Wildman–Crippen LogP) is 3.67. The van der Waals surface area contributed by atoms with Crippen molar-refractivity contribution < 1.29 is 8.42 Å². The van der Waals surface area contributed by atoms with Gasteiger partial charge in [-0.3, -0.25) is 0 Å². The van der Waals surface area contributed by atoms with Crippen molar-refractivity contribution in [2.45, 2.75) is 17.4 Å². The van der Waals surface area contributed by atoms with Crippen molar-refractivity contribution in [3.8, 4) is 0 Å². The molecule has 0 unspecified atom stereocenters. The second-order valence-corrected chi connectivity index (χ2v) is 7.68. The van der Waals surface area contributed by atoms with Crippen molar-refractivity contribution in [2.24, 2.45) is 0 Å². The first-order valence-electron chi connectivity index (χ1n) is 6.05. The molecule has 2 aromatic rings. The van der Waals surface area contributed by atoms with Crippen LogP contribution in [0.5, 0.6) is 0 Å². The van der Waals surface area contributed by atoms with E-state index in [1.54, 1.807) is 12.1 Å². The number of alkyl halides is 2. The van der Waals surface area contributed by atoms with Gasteiger partial charge in [0.05, 0.1) is 4.90 Å². The van der Waals surface area contributed by atoms with Gasteiger partial charge in [-0.1, -0.05) is 68.3 Å². The normalized spacial score (nSPS) is 12.8. The number of nitrogens with one attached hydrogen (secondary N) is 1. The Balaban J connectivity index is 2.53. The molecule has 1 N–H and O–H groups in total. The molecule has 0 spiro atoms. The molecule has 2 aromatic carbocycles. The fourth-order valence-electron chi connectivity index (χ4n) is 1.90. The van der Waals surface area contributed by atoms with E-state index in [0.717, 1.165) is 10.8 Å². The third-order valence-electron chi connectivity index (χ3n) is 3.01. The van der Waals surface area contributed by atoms with E-state index in [0.29, 0.717) is 15.6 Å². The summed E-state index contributed by atoms with van der Waals surface area (Å²) in [6.07, 6.45) is 0. The second kappa shape index (κ2) is 6.13. The minimum Gasteiger partial charge on any atom is -0.207 e. The topological polar surface area (TPSA) is 46.2 Å². The van der Waals surface area contributed by atoms with Crippen molar-refractivity contribution in [1.82, 2.24) is 4.72 Å². The van der Waals surface area contributed by atoms with Crippen LogP contribution in [0.15, 0.2) is 47.4 Å². The monoisotopic (exact) mass is 419 g/mol. The highest BCUT2D eigenvalue weighted by molar-refractivity contribution is 9.09. The first-order valence-corrected chi connectivity index (χ1v) is 9.78. The predicted molar refractivity (Wildman–Crippen MR) is 90.3 cm³/mol. The van der Waals surface area contributed by atoms with Crippen LogP contribution in [0.1, 0.15) is 6.92 Å². The smallest absolute Gasteiger partial charge is 0.207 e. The molecule has 108 valence electrons. The molecule has 0 saturated heterocycles. The van der Waals surface area contributed by atoms with Crippen molar-refractivity contribution in [3.05, 3.63) is 42.5 Å². The average Bonchev–Trinajstić information content (AvgIpc) is 2.46. The van der Waals surface area contributed by atoms with Gasteiger partial charge in [0.25, 0.3) is 0 Å². The second-order valence-electron chi connectivity index (χ2n) is 4.91. The lowest BCUT2D eigenvalue weighted by molar-refractivity contribution is 0.509. The molecule has 0 fully saturated rings. The molecule has 6 heteroatoms. The van der Waals surface area contributed by atoms with Gasteiger partial charge in [0.15, 0.2) is 0 Å². The van der Waals surface area contributed by atoms with Crippen LogP contribution in [0.25, 0.3) is 10.8 Å². The molecule has 0 aromatic heterocycles. The van der Waals surface area contributed by atoms with E-state index in [4.69, 9.17) is 0 Å². The summed E-state index contributed by atoms with van der Waals surface area (Å²) in [7, 11) is -3.58. The quantitative estimate of drug-likeness (QED) is 0.750. The van der Waals surface area contributed by atoms with E-state index in [9.17, 15) is 8.42 Å². The van der Waals surface area contributed by atoms with Gasteiger partial charge in [-0.15, -0.1) is 0 Å². The largest absolute Gasteiger partial charge is 0.241 e. The van der Waals surface area contributed by atoms with E-state index in [2.05, 4.69) is 36.6 Å². The maximum Gasteiger partial charge on any atom is 0.241 e. The zero-order valence-electron chi connectivity index (χ0n) is 10.9. The zero-order valence-corrected chi connectivity index (χ0v) is 14.9. The third kappa shape index (κ3) is 3.24.